The number of aromatic amines is 4. The third-order valence-electron chi connectivity index (χ3n) is 18.5. The Morgan fingerprint density at radius 1 is 0.167 bits per heavy atom. The minimum absolute atomic E-state index is 0.800. The summed E-state index contributed by atoms with van der Waals surface area (Å²) in [5, 5.41) is 0. The van der Waals surface area contributed by atoms with Gasteiger partial charge in [0.1, 0.15) is 0 Å². The summed E-state index contributed by atoms with van der Waals surface area (Å²) in [5.41, 5.74) is 31.5. The lowest BCUT2D eigenvalue weighted by atomic mass is 9.96. The van der Waals surface area contributed by atoms with Crippen molar-refractivity contribution in [3.05, 3.63) is 325 Å². The van der Waals surface area contributed by atoms with Gasteiger partial charge in [0.25, 0.3) is 0 Å². The molecular formula is C88H58N8. The quantitative estimate of drug-likeness (QED) is 0.115. The maximum Gasteiger partial charge on any atom is 0.0737 e. The molecule has 4 N–H and O–H groups in total. The Balaban J connectivity index is 1.07. The van der Waals surface area contributed by atoms with Crippen molar-refractivity contribution >= 4 is 92.7 Å². The first-order valence-corrected chi connectivity index (χ1v) is 32.4. The number of benzene rings is 8. The Morgan fingerprint density at radius 3 is 0.552 bits per heavy atom. The normalized spacial score (nSPS) is 12.2. The van der Waals surface area contributed by atoms with Gasteiger partial charge in [0.05, 0.1) is 56.6 Å². The highest BCUT2D eigenvalue weighted by atomic mass is 14.8. The van der Waals surface area contributed by atoms with Crippen LogP contribution >= 0.6 is 0 Å². The van der Waals surface area contributed by atoms with Crippen molar-refractivity contribution < 1.29 is 0 Å². The second-order valence-electron chi connectivity index (χ2n) is 24.3. The monoisotopic (exact) mass is 1230 g/mol. The highest BCUT2D eigenvalue weighted by molar-refractivity contribution is 6.11. The largest absolute Gasteiger partial charge is 0.354 e. The molecule has 0 saturated heterocycles. The summed E-state index contributed by atoms with van der Waals surface area (Å²) in [6.45, 7) is 0. The highest BCUT2D eigenvalue weighted by Gasteiger charge is 2.26. The molecular weight excluding hydrogens is 1170 g/mol. The van der Waals surface area contributed by atoms with Crippen LogP contribution in [0.25, 0.3) is 193 Å². The number of nitrogens with one attached hydrogen (secondary N) is 4. The number of hydrogen-bond donors (Lipinski definition) is 4. The van der Waals surface area contributed by atoms with Gasteiger partial charge in [-0.2, -0.15) is 0 Å². The lowest BCUT2D eigenvalue weighted by Crippen LogP contribution is -1.90. The average Bonchev–Trinajstić information content (AvgIpc) is 1.59. The molecule has 4 aliphatic rings. The van der Waals surface area contributed by atoms with Crippen LogP contribution in [0, 0.1) is 0 Å². The molecule has 14 aromatic rings. The van der Waals surface area contributed by atoms with Gasteiger partial charge in [-0.05, 0) is 130 Å². The van der Waals surface area contributed by atoms with Gasteiger partial charge in [-0.1, -0.05) is 243 Å². The maximum absolute atomic E-state index is 5.81. The summed E-state index contributed by atoms with van der Waals surface area (Å²) in [5.74, 6) is 0. The molecule has 4 aliphatic heterocycles. The molecule has 0 unspecified atom stereocenters. The fraction of sp³-hybridized carbons (Fsp3) is 0. The molecule has 0 atom stereocenters. The van der Waals surface area contributed by atoms with Crippen molar-refractivity contribution in [3.63, 3.8) is 0 Å². The molecule has 0 amide bonds. The molecule has 16 bridgehead atoms. The van der Waals surface area contributed by atoms with E-state index < -0.39 is 0 Å². The zero-order valence-corrected chi connectivity index (χ0v) is 52.0. The van der Waals surface area contributed by atoms with Gasteiger partial charge in [-0.25, -0.2) is 19.9 Å². The summed E-state index contributed by atoms with van der Waals surface area (Å²) in [4.78, 5) is 39.4. The Hall–Kier alpha value is -13.0. The van der Waals surface area contributed by atoms with Gasteiger partial charge in [0.15, 0.2) is 0 Å². The van der Waals surface area contributed by atoms with E-state index in [4.69, 9.17) is 19.9 Å². The minimum atomic E-state index is 0.800. The van der Waals surface area contributed by atoms with Crippen LogP contribution in [0.3, 0.4) is 0 Å². The van der Waals surface area contributed by atoms with Gasteiger partial charge >= 0.3 is 0 Å². The van der Waals surface area contributed by atoms with Crippen LogP contribution in [0.4, 0.5) is 0 Å². The molecule has 10 heterocycles. The molecule has 0 aliphatic carbocycles. The molecule has 18 rings (SSSR count). The summed E-state index contributed by atoms with van der Waals surface area (Å²) in [6, 6.07) is 98.4. The molecule has 8 nitrogen and oxygen atoms in total. The average molecular weight is 1230 g/mol. The van der Waals surface area contributed by atoms with Gasteiger partial charge in [-0.15, -0.1) is 0 Å². The maximum atomic E-state index is 5.81. The molecule has 0 fully saturated rings. The van der Waals surface area contributed by atoms with Crippen LogP contribution < -0.4 is 0 Å². The molecule has 450 valence electrons. The zero-order chi connectivity index (χ0) is 63.5. The van der Waals surface area contributed by atoms with Crippen LogP contribution in [0.15, 0.2) is 279 Å². The second kappa shape index (κ2) is 23.6. The van der Waals surface area contributed by atoms with Crippen molar-refractivity contribution in [2.24, 2.45) is 0 Å². The highest BCUT2D eigenvalue weighted by Crippen LogP contribution is 2.47. The lowest BCUT2D eigenvalue weighted by Gasteiger charge is -2.09. The number of hydrogen-bond acceptors (Lipinski definition) is 4. The lowest BCUT2D eigenvalue weighted by molar-refractivity contribution is 1.31. The van der Waals surface area contributed by atoms with Crippen molar-refractivity contribution in [2.75, 3.05) is 0 Å². The molecule has 96 heavy (non-hydrogen) atoms. The van der Waals surface area contributed by atoms with Crippen LogP contribution in [-0.2, 0) is 0 Å². The minimum Gasteiger partial charge on any atom is -0.354 e. The fourth-order valence-electron chi connectivity index (χ4n) is 14.3. The van der Waals surface area contributed by atoms with E-state index in [1.54, 1.807) is 0 Å². The number of nitrogens with zero attached hydrogens (tertiary/aromatic N) is 4. The number of fused-ring (bicyclic) bond motifs is 16. The first-order valence-electron chi connectivity index (χ1n) is 32.4. The Bertz CT molecular complexity index is 5520. The predicted octanol–water partition coefficient (Wildman–Crippen LogP) is 22.6. The third kappa shape index (κ3) is 9.87. The number of rotatable bonds is 9. The standard InChI is InChI=1S/C88H58N8/c1-9-25-55(26-10-1)79-65-41-43-67(89-65)81(57-29-13-3-14-30-57)71-49-51-75(93-71)85(61-37-21-7-22-38-61)87-63(53-77(95-87)83(59-33-17-5-18-34-59)73-47-45-69(79)91-73)64-54-78-84(60-35-19-6-20-36-60)74-48-46-70(92-74)80(56-27-11-2-12-28-56)66-42-44-68(90-66)82(58-31-15-4-16-32-58)72-50-52-76(94-72)86(88(64)96-78)62-39-23-8-24-40-62/h1-54,89-90,95-96H. The van der Waals surface area contributed by atoms with E-state index in [0.29, 0.717) is 0 Å². The van der Waals surface area contributed by atoms with E-state index in [9.17, 15) is 0 Å². The van der Waals surface area contributed by atoms with E-state index >= 15 is 0 Å². The Labute approximate surface area is 554 Å². The van der Waals surface area contributed by atoms with E-state index in [0.717, 1.165) is 190 Å². The fourth-order valence-corrected chi connectivity index (χ4v) is 14.3. The number of aromatic nitrogens is 8. The molecule has 6 aromatic heterocycles. The van der Waals surface area contributed by atoms with Gasteiger partial charge in [0.2, 0.25) is 0 Å². The van der Waals surface area contributed by atoms with Gasteiger partial charge in [0, 0.05) is 88.7 Å². The molecule has 8 aromatic carbocycles. The third-order valence-corrected chi connectivity index (χ3v) is 18.5. The Morgan fingerprint density at radius 2 is 0.344 bits per heavy atom. The number of H-pyrrole nitrogens is 4. The van der Waals surface area contributed by atoms with Gasteiger partial charge < -0.3 is 19.9 Å². The first kappa shape index (κ1) is 55.8. The van der Waals surface area contributed by atoms with E-state index in [-0.39, 0.29) is 0 Å². The molecule has 0 spiro atoms. The van der Waals surface area contributed by atoms with Crippen molar-refractivity contribution in [1.82, 2.24) is 39.9 Å². The molecule has 0 saturated carbocycles. The summed E-state index contributed by atoms with van der Waals surface area (Å²) in [6.07, 6.45) is 17.4. The smallest absolute Gasteiger partial charge is 0.0737 e. The van der Waals surface area contributed by atoms with Crippen molar-refractivity contribution in [3.8, 4) is 100 Å². The second-order valence-corrected chi connectivity index (χ2v) is 24.3. The SMILES string of the molecule is C1=Cc2nc1c(-c1ccccc1)c1ccc([nH]1)c(-c1ccccc1)c1nc(c(-c3ccccc3)c3[nH]c(cc3-c3cc4[nH]c3c(-c3ccccc3)c3nc(c(-c5ccccc5)c5ccc([nH]5)c(-c5ccccc5)c5nc(c4-c4ccccc4)C=C5)C=C3)c2-c2ccccc2)C=C1. The van der Waals surface area contributed by atoms with Crippen LogP contribution in [0.1, 0.15) is 45.6 Å². The van der Waals surface area contributed by atoms with Crippen molar-refractivity contribution in [1.29, 1.82) is 0 Å². The van der Waals surface area contributed by atoms with Crippen molar-refractivity contribution in [2.45, 2.75) is 0 Å². The van der Waals surface area contributed by atoms with Crippen LogP contribution in [0.5, 0.6) is 0 Å². The van der Waals surface area contributed by atoms with E-state index in [1.165, 1.54) is 0 Å². The van der Waals surface area contributed by atoms with Crippen LogP contribution in [-0.4, -0.2) is 39.9 Å². The molecule has 8 heteroatoms. The predicted molar refractivity (Wildman–Crippen MR) is 400 cm³/mol. The molecule has 0 radical (unpaired) electrons. The van der Waals surface area contributed by atoms with Crippen LogP contribution in [0.2, 0.25) is 0 Å². The summed E-state index contributed by atoms with van der Waals surface area (Å²) >= 11 is 0. The topological polar surface area (TPSA) is 115 Å². The summed E-state index contributed by atoms with van der Waals surface area (Å²) in [7, 11) is 0. The summed E-state index contributed by atoms with van der Waals surface area (Å²) < 4.78 is 0. The van der Waals surface area contributed by atoms with Gasteiger partial charge in [-0.3, -0.25) is 0 Å². The van der Waals surface area contributed by atoms with E-state index in [2.05, 4.69) is 348 Å². The zero-order valence-electron chi connectivity index (χ0n) is 52.0. The first-order chi connectivity index (χ1) is 47.6. The Kier molecular flexibility index (Phi) is 13.7. The van der Waals surface area contributed by atoms with E-state index in [1.807, 2.05) is 0 Å².